The Hall–Kier alpha value is -1.67. The number of hydrazine groups is 1. The van der Waals surface area contributed by atoms with Crippen molar-refractivity contribution in [1.29, 1.82) is 5.26 Å². The first-order chi connectivity index (χ1) is 5.42. The number of rotatable bonds is 0. The molecule has 0 fully saturated rings. The van der Waals surface area contributed by atoms with Crippen LogP contribution in [0.15, 0.2) is 12.5 Å². The molecule has 0 aliphatic carbocycles. The summed E-state index contributed by atoms with van der Waals surface area (Å²) in [5.41, 5.74) is 6.34. The van der Waals surface area contributed by atoms with Crippen LogP contribution < -0.4 is 10.9 Å². The molecule has 0 radical (unpaired) electrons. The molecular weight excluding hydrogens is 142 g/mol. The lowest BCUT2D eigenvalue weighted by atomic mass is 10.2. The predicted molar refractivity (Wildman–Crippen MR) is 37.1 cm³/mol. The van der Waals surface area contributed by atoms with Crippen molar-refractivity contribution in [1.82, 2.24) is 15.4 Å². The fourth-order valence-corrected chi connectivity index (χ4v) is 0.976. The first-order valence-corrected chi connectivity index (χ1v) is 3.13. The molecule has 11 heavy (non-hydrogen) atoms. The normalized spacial score (nSPS) is 20.1. The lowest BCUT2D eigenvalue weighted by molar-refractivity contribution is 0.764. The monoisotopic (exact) mass is 147 g/mol. The second-order valence-electron chi connectivity index (χ2n) is 2.16. The number of aromatic nitrogens is 2. The molecule has 0 amide bonds. The van der Waals surface area contributed by atoms with Gasteiger partial charge < -0.3 is 5.43 Å². The molecule has 5 heteroatoms. The molecule has 2 rings (SSSR count). The fourth-order valence-electron chi connectivity index (χ4n) is 0.976. The largest absolute Gasteiger partial charge is 0.304 e. The highest BCUT2D eigenvalue weighted by molar-refractivity contribution is 5.49. The van der Waals surface area contributed by atoms with E-state index < -0.39 is 0 Å². The second-order valence-corrected chi connectivity index (χ2v) is 2.16. The van der Waals surface area contributed by atoms with E-state index in [1.54, 1.807) is 6.20 Å². The molecule has 0 aromatic carbocycles. The van der Waals surface area contributed by atoms with Crippen LogP contribution in [0.2, 0.25) is 0 Å². The molecule has 0 spiro atoms. The van der Waals surface area contributed by atoms with Crippen molar-refractivity contribution in [2.24, 2.45) is 0 Å². The summed E-state index contributed by atoms with van der Waals surface area (Å²) < 4.78 is 0. The summed E-state index contributed by atoms with van der Waals surface area (Å²) >= 11 is 0. The van der Waals surface area contributed by atoms with Crippen LogP contribution >= 0.6 is 0 Å². The van der Waals surface area contributed by atoms with Crippen LogP contribution in [0.25, 0.3) is 0 Å². The Balaban J connectivity index is 2.49. The summed E-state index contributed by atoms with van der Waals surface area (Å²) in [5, 5.41) is 8.60. The summed E-state index contributed by atoms with van der Waals surface area (Å²) in [5.74, 6) is 0.687. The number of nitriles is 1. The van der Waals surface area contributed by atoms with E-state index in [1.807, 2.05) is 0 Å². The lowest BCUT2D eigenvalue weighted by Gasteiger charge is -1.94. The third kappa shape index (κ3) is 0.808. The Morgan fingerprint density at radius 1 is 1.64 bits per heavy atom. The van der Waals surface area contributed by atoms with Gasteiger partial charge in [0.1, 0.15) is 18.2 Å². The van der Waals surface area contributed by atoms with E-state index in [4.69, 9.17) is 5.26 Å². The highest BCUT2D eigenvalue weighted by Gasteiger charge is 2.21. The SMILES string of the molecule is N#CC1NNc2ncncc21. The number of hydrogen-bond donors (Lipinski definition) is 2. The molecule has 1 atom stereocenters. The van der Waals surface area contributed by atoms with Gasteiger partial charge in [-0.05, 0) is 0 Å². The predicted octanol–water partition coefficient (Wildman–Crippen LogP) is -0.0286. The standard InChI is InChI=1S/C6H5N5/c7-1-5-4-2-8-3-9-6(4)11-10-5/h2-3,5,10H,(H,8,9,11). The number of fused-ring (bicyclic) bond motifs is 1. The molecule has 1 aromatic heterocycles. The summed E-state index contributed by atoms with van der Waals surface area (Å²) in [6.45, 7) is 0. The topological polar surface area (TPSA) is 73.6 Å². The van der Waals surface area contributed by atoms with Gasteiger partial charge in [0.2, 0.25) is 0 Å². The van der Waals surface area contributed by atoms with Gasteiger partial charge in [-0.25, -0.2) is 15.4 Å². The van der Waals surface area contributed by atoms with Crippen LogP contribution in [0.1, 0.15) is 11.6 Å². The van der Waals surface area contributed by atoms with Crippen molar-refractivity contribution in [3.8, 4) is 6.07 Å². The van der Waals surface area contributed by atoms with Gasteiger partial charge in [-0.3, -0.25) is 0 Å². The van der Waals surface area contributed by atoms with Gasteiger partial charge in [-0.1, -0.05) is 0 Å². The maximum absolute atomic E-state index is 8.60. The van der Waals surface area contributed by atoms with Crippen LogP contribution in [0, 0.1) is 11.3 Å². The molecule has 1 aliphatic rings. The zero-order valence-corrected chi connectivity index (χ0v) is 5.57. The van der Waals surface area contributed by atoms with Gasteiger partial charge in [0.05, 0.1) is 6.07 Å². The molecule has 1 aromatic rings. The molecule has 2 heterocycles. The molecule has 2 N–H and O–H groups in total. The highest BCUT2D eigenvalue weighted by atomic mass is 15.4. The maximum atomic E-state index is 8.60. The first kappa shape index (κ1) is 6.07. The van der Waals surface area contributed by atoms with Crippen molar-refractivity contribution in [3.63, 3.8) is 0 Å². The van der Waals surface area contributed by atoms with Crippen LogP contribution in [0.4, 0.5) is 5.82 Å². The van der Waals surface area contributed by atoms with Crippen molar-refractivity contribution in [3.05, 3.63) is 18.1 Å². The summed E-state index contributed by atoms with van der Waals surface area (Å²) in [6, 6.07) is 1.74. The summed E-state index contributed by atoms with van der Waals surface area (Å²) in [4.78, 5) is 7.73. The van der Waals surface area contributed by atoms with E-state index in [1.165, 1.54) is 6.33 Å². The van der Waals surface area contributed by atoms with Crippen molar-refractivity contribution >= 4 is 5.82 Å². The fraction of sp³-hybridized carbons (Fsp3) is 0.167. The van der Waals surface area contributed by atoms with Gasteiger partial charge >= 0.3 is 0 Å². The second kappa shape index (κ2) is 2.18. The Kier molecular flexibility index (Phi) is 1.20. The third-order valence-corrected chi connectivity index (χ3v) is 1.52. The number of anilines is 1. The smallest absolute Gasteiger partial charge is 0.149 e. The molecule has 0 saturated heterocycles. The molecular formula is C6H5N5. The number of hydrogen-bond acceptors (Lipinski definition) is 5. The molecule has 1 unspecified atom stereocenters. The number of nitrogens with zero attached hydrogens (tertiary/aromatic N) is 3. The van der Waals surface area contributed by atoms with E-state index in [2.05, 4.69) is 26.9 Å². The summed E-state index contributed by atoms with van der Waals surface area (Å²) in [6.07, 6.45) is 3.07. The first-order valence-electron chi connectivity index (χ1n) is 3.13. The van der Waals surface area contributed by atoms with Crippen LogP contribution in [-0.2, 0) is 0 Å². The van der Waals surface area contributed by atoms with E-state index in [0.29, 0.717) is 5.82 Å². The van der Waals surface area contributed by atoms with Gasteiger partial charge in [-0.15, -0.1) is 0 Å². The van der Waals surface area contributed by atoms with Gasteiger partial charge in [-0.2, -0.15) is 5.26 Å². The van der Waals surface area contributed by atoms with Crippen molar-refractivity contribution in [2.75, 3.05) is 5.43 Å². The molecule has 5 nitrogen and oxygen atoms in total. The van der Waals surface area contributed by atoms with Crippen molar-refractivity contribution in [2.45, 2.75) is 6.04 Å². The molecule has 0 bridgehead atoms. The van der Waals surface area contributed by atoms with E-state index in [-0.39, 0.29) is 6.04 Å². The molecule has 54 valence electrons. The Bertz CT molecular complexity index is 315. The molecule has 0 saturated carbocycles. The Morgan fingerprint density at radius 3 is 3.36 bits per heavy atom. The zero-order chi connectivity index (χ0) is 7.68. The zero-order valence-electron chi connectivity index (χ0n) is 5.57. The summed E-state index contributed by atoms with van der Waals surface area (Å²) in [7, 11) is 0. The average Bonchev–Trinajstić information content (AvgIpc) is 2.47. The maximum Gasteiger partial charge on any atom is 0.149 e. The van der Waals surface area contributed by atoms with Crippen LogP contribution in [0.5, 0.6) is 0 Å². The lowest BCUT2D eigenvalue weighted by Crippen LogP contribution is -2.17. The third-order valence-electron chi connectivity index (χ3n) is 1.52. The van der Waals surface area contributed by atoms with Gasteiger partial charge in [0, 0.05) is 11.8 Å². The Morgan fingerprint density at radius 2 is 2.55 bits per heavy atom. The van der Waals surface area contributed by atoms with Crippen LogP contribution in [-0.4, -0.2) is 9.97 Å². The Labute approximate surface area is 63.1 Å². The minimum atomic E-state index is -0.328. The van der Waals surface area contributed by atoms with E-state index in [0.717, 1.165) is 5.56 Å². The minimum absolute atomic E-state index is 0.328. The van der Waals surface area contributed by atoms with Gasteiger partial charge in [0.25, 0.3) is 0 Å². The van der Waals surface area contributed by atoms with Crippen molar-refractivity contribution < 1.29 is 0 Å². The number of nitrogens with one attached hydrogen (secondary N) is 2. The van der Waals surface area contributed by atoms with E-state index >= 15 is 0 Å². The van der Waals surface area contributed by atoms with Gasteiger partial charge in [0.15, 0.2) is 0 Å². The highest BCUT2D eigenvalue weighted by Crippen LogP contribution is 2.23. The van der Waals surface area contributed by atoms with Crippen LogP contribution in [0.3, 0.4) is 0 Å². The minimum Gasteiger partial charge on any atom is -0.304 e. The average molecular weight is 147 g/mol. The quantitative estimate of drug-likeness (QED) is 0.539. The molecule has 1 aliphatic heterocycles. The van der Waals surface area contributed by atoms with E-state index in [9.17, 15) is 0 Å².